The lowest BCUT2D eigenvalue weighted by atomic mass is 10.1. The van der Waals surface area contributed by atoms with Crippen molar-refractivity contribution >= 4 is 11.6 Å². The van der Waals surface area contributed by atoms with Crippen LogP contribution in [0.3, 0.4) is 0 Å². The Bertz CT molecular complexity index is 550. The number of anilines is 1. The Morgan fingerprint density at radius 3 is 2.94 bits per heavy atom. The Hall–Kier alpha value is -2.37. The van der Waals surface area contributed by atoms with Gasteiger partial charge in [0, 0.05) is 11.3 Å². The maximum atomic E-state index is 12.1. The zero-order chi connectivity index (χ0) is 13.1. The molecule has 0 saturated heterocycles. The molecule has 0 fully saturated rings. The Morgan fingerprint density at radius 1 is 1.50 bits per heavy atom. The van der Waals surface area contributed by atoms with E-state index in [1.807, 2.05) is 19.9 Å². The molecule has 0 aliphatic rings. The van der Waals surface area contributed by atoms with Gasteiger partial charge in [0.25, 0.3) is 5.91 Å². The summed E-state index contributed by atoms with van der Waals surface area (Å²) in [5, 5.41) is 9.31. The number of nitrogens with zero attached hydrogens (tertiary/aromatic N) is 2. The van der Waals surface area contributed by atoms with Gasteiger partial charge in [-0.2, -0.15) is 5.10 Å². The number of hydrogen-bond donors (Lipinski definition) is 3. The summed E-state index contributed by atoms with van der Waals surface area (Å²) in [5.74, 6) is 0.439. The lowest BCUT2D eigenvalue weighted by molar-refractivity contribution is 0.0938. The molecule has 1 amide bonds. The van der Waals surface area contributed by atoms with Gasteiger partial charge in [-0.25, -0.2) is 4.98 Å². The first kappa shape index (κ1) is 12.1. The van der Waals surface area contributed by atoms with Crippen molar-refractivity contribution in [2.75, 3.05) is 5.73 Å². The largest absolute Gasteiger partial charge is 0.399 e. The number of aromatic amines is 1. The minimum Gasteiger partial charge on any atom is -0.399 e. The van der Waals surface area contributed by atoms with Gasteiger partial charge in [-0.3, -0.25) is 9.89 Å². The van der Waals surface area contributed by atoms with E-state index < -0.39 is 0 Å². The molecule has 4 N–H and O–H groups in total. The van der Waals surface area contributed by atoms with Crippen LogP contribution in [0.5, 0.6) is 0 Å². The molecule has 1 unspecified atom stereocenters. The highest BCUT2D eigenvalue weighted by Crippen LogP contribution is 2.14. The Kier molecular flexibility index (Phi) is 3.27. The van der Waals surface area contributed by atoms with Crippen LogP contribution in [0.25, 0.3) is 0 Å². The molecule has 0 bridgehead atoms. The molecule has 94 valence electrons. The number of benzene rings is 1. The number of rotatable bonds is 3. The van der Waals surface area contributed by atoms with Crippen LogP contribution in [0.2, 0.25) is 0 Å². The number of nitrogens with two attached hydrogens (primary N) is 1. The third-order valence-electron chi connectivity index (χ3n) is 2.70. The third-order valence-corrected chi connectivity index (χ3v) is 2.70. The highest BCUT2D eigenvalue weighted by atomic mass is 16.1. The van der Waals surface area contributed by atoms with Gasteiger partial charge in [0.1, 0.15) is 12.2 Å². The first-order chi connectivity index (χ1) is 8.58. The van der Waals surface area contributed by atoms with Gasteiger partial charge < -0.3 is 11.1 Å². The Balaban J connectivity index is 2.15. The molecule has 0 spiro atoms. The van der Waals surface area contributed by atoms with E-state index in [0.717, 1.165) is 5.56 Å². The van der Waals surface area contributed by atoms with Crippen LogP contribution >= 0.6 is 0 Å². The van der Waals surface area contributed by atoms with Crippen molar-refractivity contribution in [2.45, 2.75) is 19.9 Å². The van der Waals surface area contributed by atoms with Crippen LogP contribution in [-0.4, -0.2) is 21.1 Å². The Morgan fingerprint density at radius 2 is 2.28 bits per heavy atom. The van der Waals surface area contributed by atoms with Crippen LogP contribution in [0, 0.1) is 6.92 Å². The standard InChI is InChI=1S/C12H15N5O/c1-7-3-4-9(13)5-10(7)12(18)16-8(2)11-14-6-15-17-11/h3-6,8H,13H2,1-2H3,(H,16,18)(H,14,15,17). The van der Waals surface area contributed by atoms with E-state index >= 15 is 0 Å². The Labute approximate surface area is 105 Å². The molecule has 2 rings (SSSR count). The molecule has 1 aromatic heterocycles. The first-order valence-electron chi connectivity index (χ1n) is 5.60. The number of nitrogens with one attached hydrogen (secondary N) is 2. The van der Waals surface area contributed by atoms with E-state index in [4.69, 9.17) is 5.73 Å². The normalized spacial score (nSPS) is 12.1. The molecule has 2 aromatic rings. The fourth-order valence-corrected chi connectivity index (χ4v) is 1.65. The molecule has 6 nitrogen and oxygen atoms in total. The van der Waals surface area contributed by atoms with E-state index in [1.54, 1.807) is 12.1 Å². The van der Waals surface area contributed by atoms with Gasteiger partial charge in [0.15, 0.2) is 0 Å². The van der Waals surface area contributed by atoms with Gasteiger partial charge in [-0.15, -0.1) is 0 Å². The van der Waals surface area contributed by atoms with Crippen molar-refractivity contribution in [1.29, 1.82) is 0 Å². The highest BCUT2D eigenvalue weighted by molar-refractivity contribution is 5.96. The van der Waals surface area contributed by atoms with Crippen LogP contribution in [0.1, 0.15) is 34.7 Å². The summed E-state index contributed by atoms with van der Waals surface area (Å²) in [7, 11) is 0. The lowest BCUT2D eigenvalue weighted by Gasteiger charge is -2.12. The number of aromatic nitrogens is 3. The van der Waals surface area contributed by atoms with Crippen molar-refractivity contribution in [3.8, 4) is 0 Å². The summed E-state index contributed by atoms with van der Waals surface area (Å²) in [5.41, 5.74) is 7.70. The molecule has 0 aliphatic carbocycles. The van der Waals surface area contributed by atoms with Gasteiger partial charge in [-0.1, -0.05) is 6.07 Å². The van der Waals surface area contributed by atoms with Gasteiger partial charge in [0.05, 0.1) is 6.04 Å². The fraction of sp³-hybridized carbons (Fsp3) is 0.250. The number of H-pyrrole nitrogens is 1. The first-order valence-corrected chi connectivity index (χ1v) is 5.60. The van der Waals surface area contributed by atoms with Crippen molar-refractivity contribution in [2.24, 2.45) is 0 Å². The molecule has 0 aliphatic heterocycles. The van der Waals surface area contributed by atoms with E-state index in [2.05, 4.69) is 20.5 Å². The van der Waals surface area contributed by atoms with Crippen LogP contribution in [-0.2, 0) is 0 Å². The van der Waals surface area contributed by atoms with Crippen LogP contribution < -0.4 is 11.1 Å². The summed E-state index contributed by atoms with van der Waals surface area (Å²) in [6.07, 6.45) is 1.41. The quantitative estimate of drug-likeness (QED) is 0.707. The number of carbonyl (C=O) groups excluding carboxylic acids is 1. The predicted octanol–water partition coefficient (Wildman–Crippen LogP) is 1.19. The number of nitrogen functional groups attached to an aromatic ring is 1. The molecule has 6 heteroatoms. The van der Waals surface area contributed by atoms with Crippen LogP contribution in [0.15, 0.2) is 24.5 Å². The van der Waals surface area contributed by atoms with Gasteiger partial charge >= 0.3 is 0 Å². The summed E-state index contributed by atoms with van der Waals surface area (Å²) < 4.78 is 0. The molecular formula is C12H15N5O. The SMILES string of the molecule is Cc1ccc(N)cc1C(=O)NC(C)c1ncn[nH]1. The van der Waals surface area contributed by atoms with Gasteiger partial charge in [0.2, 0.25) is 0 Å². The minimum atomic E-state index is -0.235. The van der Waals surface area contributed by atoms with E-state index in [9.17, 15) is 4.79 Å². The lowest BCUT2D eigenvalue weighted by Crippen LogP contribution is -2.28. The summed E-state index contributed by atoms with van der Waals surface area (Å²) in [4.78, 5) is 16.1. The highest BCUT2D eigenvalue weighted by Gasteiger charge is 2.15. The number of aryl methyl sites for hydroxylation is 1. The molecule has 18 heavy (non-hydrogen) atoms. The number of hydrogen-bond acceptors (Lipinski definition) is 4. The zero-order valence-corrected chi connectivity index (χ0v) is 10.3. The maximum Gasteiger partial charge on any atom is 0.252 e. The summed E-state index contributed by atoms with van der Waals surface area (Å²) in [6.45, 7) is 3.70. The third kappa shape index (κ3) is 2.48. The molecule has 1 atom stereocenters. The molecule has 1 heterocycles. The van der Waals surface area contributed by atoms with Crippen molar-refractivity contribution in [3.05, 3.63) is 41.5 Å². The average Bonchev–Trinajstić information content (AvgIpc) is 2.85. The monoisotopic (exact) mass is 245 g/mol. The summed E-state index contributed by atoms with van der Waals surface area (Å²) in [6, 6.07) is 5.02. The minimum absolute atomic E-state index is 0.177. The van der Waals surface area contributed by atoms with Crippen molar-refractivity contribution < 1.29 is 4.79 Å². The van der Waals surface area contributed by atoms with Crippen LogP contribution in [0.4, 0.5) is 5.69 Å². The second kappa shape index (κ2) is 4.87. The molecule has 1 aromatic carbocycles. The van der Waals surface area contributed by atoms with Gasteiger partial charge in [-0.05, 0) is 31.5 Å². The topological polar surface area (TPSA) is 96.7 Å². The second-order valence-electron chi connectivity index (χ2n) is 4.14. The van der Waals surface area contributed by atoms with E-state index in [-0.39, 0.29) is 11.9 Å². The maximum absolute atomic E-state index is 12.1. The number of carbonyl (C=O) groups is 1. The van der Waals surface area contributed by atoms with E-state index in [1.165, 1.54) is 6.33 Å². The smallest absolute Gasteiger partial charge is 0.252 e. The van der Waals surface area contributed by atoms with Crippen molar-refractivity contribution in [1.82, 2.24) is 20.5 Å². The molecule has 0 radical (unpaired) electrons. The van der Waals surface area contributed by atoms with E-state index in [0.29, 0.717) is 17.1 Å². The average molecular weight is 245 g/mol. The zero-order valence-electron chi connectivity index (χ0n) is 10.3. The van der Waals surface area contributed by atoms with Crippen molar-refractivity contribution in [3.63, 3.8) is 0 Å². The predicted molar refractivity (Wildman–Crippen MR) is 67.9 cm³/mol. The summed E-state index contributed by atoms with van der Waals surface area (Å²) >= 11 is 0. The molecular weight excluding hydrogens is 230 g/mol. The molecule has 0 saturated carbocycles. The number of amides is 1. The fourth-order valence-electron chi connectivity index (χ4n) is 1.65. The second-order valence-corrected chi connectivity index (χ2v) is 4.14.